The zero-order chi connectivity index (χ0) is 18.5. The minimum Gasteiger partial charge on any atom is -0.454 e. The van der Waals surface area contributed by atoms with Gasteiger partial charge in [-0.25, -0.2) is 0 Å². The molecule has 1 aromatic heterocycles. The molecule has 0 radical (unpaired) electrons. The van der Waals surface area contributed by atoms with E-state index in [-0.39, 0.29) is 18.6 Å². The highest BCUT2D eigenvalue weighted by molar-refractivity contribution is 5.79. The number of aromatic nitrogens is 1. The molecule has 0 saturated heterocycles. The molecule has 2 aromatic rings. The van der Waals surface area contributed by atoms with Gasteiger partial charge in [0.05, 0.1) is 12.2 Å². The molecule has 2 aliphatic rings. The molecule has 27 heavy (non-hydrogen) atoms. The lowest BCUT2D eigenvalue weighted by atomic mass is 9.98. The van der Waals surface area contributed by atoms with Crippen molar-refractivity contribution in [2.24, 2.45) is 5.92 Å². The molecular weight excluding hydrogens is 340 g/mol. The fourth-order valence-corrected chi connectivity index (χ4v) is 4.00. The number of amides is 1. The third-order valence-corrected chi connectivity index (χ3v) is 5.43. The van der Waals surface area contributed by atoms with Crippen molar-refractivity contribution < 1.29 is 14.3 Å². The van der Waals surface area contributed by atoms with Crippen molar-refractivity contribution in [2.45, 2.75) is 51.6 Å². The van der Waals surface area contributed by atoms with E-state index in [1.54, 1.807) is 6.20 Å². The molecule has 1 aromatic carbocycles. The van der Waals surface area contributed by atoms with Gasteiger partial charge in [-0.1, -0.05) is 43.9 Å². The highest BCUT2D eigenvalue weighted by Crippen LogP contribution is 2.36. The maximum absolute atomic E-state index is 13.4. The lowest BCUT2D eigenvalue weighted by Gasteiger charge is -2.27. The summed E-state index contributed by atoms with van der Waals surface area (Å²) >= 11 is 0. The van der Waals surface area contributed by atoms with Gasteiger partial charge >= 0.3 is 0 Å². The van der Waals surface area contributed by atoms with Crippen LogP contribution in [0.5, 0.6) is 11.5 Å². The van der Waals surface area contributed by atoms with Crippen LogP contribution < -0.4 is 9.47 Å². The Bertz CT molecular complexity index is 770. The van der Waals surface area contributed by atoms with Crippen LogP contribution in [-0.2, 0) is 17.9 Å². The van der Waals surface area contributed by atoms with Gasteiger partial charge in [-0.3, -0.25) is 9.78 Å². The zero-order valence-electron chi connectivity index (χ0n) is 15.6. The summed E-state index contributed by atoms with van der Waals surface area (Å²) in [5, 5.41) is 0. The summed E-state index contributed by atoms with van der Waals surface area (Å²) in [5.74, 6) is 1.87. The number of benzene rings is 1. The number of rotatable bonds is 5. The molecule has 1 aliphatic heterocycles. The minimum absolute atomic E-state index is 0.116. The van der Waals surface area contributed by atoms with E-state index in [2.05, 4.69) is 4.98 Å². The first-order valence-corrected chi connectivity index (χ1v) is 9.87. The summed E-state index contributed by atoms with van der Waals surface area (Å²) in [6.07, 6.45) is 8.52. The van der Waals surface area contributed by atoms with E-state index >= 15 is 0 Å². The quantitative estimate of drug-likeness (QED) is 0.740. The second-order valence-electron chi connectivity index (χ2n) is 7.35. The molecule has 0 atom stereocenters. The Hall–Kier alpha value is -2.56. The maximum Gasteiger partial charge on any atom is 0.231 e. The second-order valence-corrected chi connectivity index (χ2v) is 7.35. The van der Waals surface area contributed by atoms with Crippen molar-refractivity contribution in [1.82, 2.24) is 9.88 Å². The van der Waals surface area contributed by atoms with Crippen LogP contribution in [0.3, 0.4) is 0 Å². The molecule has 0 unspecified atom stereocenters. The summed E-state index contributed by atoms with van der Waals surface area (Å²) in [7, 11) is 0. The average molecular weight is 366 g/mol. The topological polar surface area (TPSA) is 51.7 Å². The lowest BCUT2D eigenvalue weighted by molar-refractivity contribution is -0.137. The van der Waals surface area contributed by atoms with E-state index in [1.165, 1.54) is 12.8 Å². The molecule has 142 valence electrons. The predicted octanol–water partition coefficient (Wildman–Crippen LogP) is 4.31. The van der Waals surface area contributed by atoms with Crippen LogP contribution in [-0.4, -0.2) is 22.6 Å². The van der Waals surface area contributed by atoms with Crippen LogP contribution in [0.1, 0.15) is 49.8 Å². The minimum atomic E-state index is 0.116. The van der Waals surface area contributed by atoms with E-state index < -0.39 is 0 Å². The number of carbonyl (C=O) groups is 1. The first-order chi connectivity index (χ1) is 13.3. The Kier molecular flexibility index (Phi) is 5.56. The number of carbonyl (C=O) groups excluding carboxylic acids is 1. The lowest BCUT2D eigenvalue weighted by Crippen LogP contribution is -2.35. The van der Waals surface area contributed by atoms with E-state index in [0.717, 1.165) is 48.4 Å². The van der Waals surface area contributed by atoms with Crippen molar-refractivity contribution in [2.75, 3.05) is 6.79 Å². The highest BCUT2D eigenvalue weighted by atomic mass is 16.7. The van der Waals surface area contributed by atoms with Gasteiger partial charge in [0.1, 0.15) is 0 Å². The second kappa shape index (κ2) is 8.42. The Balaban J connectivity index is 1.57. The van der Waals surface area contributed by atoms with E-state index in [1.807, 2.05) is 41.3 Å². The molecule has 0 N–H and O–H groups in total. The number of nitrogens with zero attached hydrogens (tertiary/aromatic N) is 2. The third kappa shape index (κ3) is 4.24. The first kappa shape index (κ1) is 17.8. The van der Waals surface area contributed by atoms with Gasteiger partial charge in [-0.15, -0.1) is 0 Å². The van der Waals surface area contributed by atoms with Crippen molar-refractivity contribution >= 4 is 5.91 Å². The number of para-hydroxylation sites is 1. The SMILES string of the molecule is O=C(C1CCCCCC1)N(Cc1ccccn1)Cc1cccc2c1OCO2. The fourth-order valence-electron chi connectivity index (χ4n) is 4.00. The van der Waals surface area contributed by atoms with Crippen molar-refractivity contribution in [3.63, 3.8) is 0 Å². The highest BCUT2D eigenvalue weighted by Gasteiger charge is 2.27. The van der Waals surface area contributed by atoms with Crippen molar-refractivity contribution in [3.8, 4) is 11.5 Å². The standard InChI is InChI=1S/C22H26N2O3/c25-22(17-8-3-1-2-4-9-17)24(15-19-11-5-6-13-23-19)14-18-10-7-12-20-21(18)27-16-26-20/h5-7,10-13,17H,1-4,8-9,14-16H2. The van der Waals surface area contributed by atoms with E-state index in [9.17, 15) is 4.79 Å². The summed E-state index contributed by atoms with van der Waals surface area (Å²) in [6.45, 7) is 1.27. The van der Waals surface area contributed by atoms with Gasteiger partial charge in [-0.05, 0) is 31.0 Å². The van der Waals surface area contributed by atoms with Crippen LogP contribution in [0, 0.1) is 5.92 Å². The van der Waals surface area contributed by atoms with Gasteiger partial charge in [0, 0.05) is 24.2 Å². The summed E-state index contributed by atoms with van der Waals surface area (Å²) in [4.78, 5) is 19.8. The van der Waals surface area contributed by atoms with Crippen LogP contribution in [0.25, 0.3) is 0 Å². The zero-order valence-corrected chi connectivity index (χ0v) is 15.6. The van der Waals surface area contributed by atoms with Crippen LogP contribution in [0.15, 0.2) is 42.6 Å². The van der Waals surface area contributed by atoms with Crippen LogP contribution in [0.4, 0.5) is 0 Å². The Morgan fingerprint density at radius 1 is 1.00 bits per heavy atom. The fraction of sp³-hybridized carbons (Fsp3) is 0.455. The molecule has 4 rings (SSSR count). The number of hydrogen-bond acceptors (Lipinski definition) is 4. The first-order valence-electron chi connectivity index (χ1n) is 9.87. The Morgan fingerprint density at radius 3 is 2.63 bits per heavy atom. The molecular formula is C22H26N2O3. The normalized spacial score (nSPS) is 16.7. The van der Waals surface area contributed by atoms with E-state index in [4.69, 9.17) is 9.47 Å². The molecule has 1 saturated carbocycles. The smallest absolute Gasteiger partial charge is 0.231 e. The number of pyridine rings is 1. The number of ether oxygens (including phenoxy) is 2. The maximum atomic E-state index is 13.4. The van der Waals surface area contributed by atoms with Gasteiger partial charge in [-0.2, -0.15) is 0 Å². The van der Waals surface area contributed by atoms with Gasteiger partial charge in [0.25, 0.3) is 0 Å². The number of fused-ring (bicyclic) bond motifs is 1. The van der Waals surface area contributed by atoms with Crippen LogP contribution in [0.2, 0.25) is 0 Å². The van der Waals surface area contributed by atoms with Crippen molar-refractivity contribution in [1.29, 1.82) is 0 Å². The molecule has 1 fully saturated rings. The average Bonchev–Trinajstić information content (AvgIpc) is 3.02. The van der Waals surface area contributed by atoms with Gasteiger partial charge in [0.2, 0.25) is 12.7 Å². The monoisotopic (exact) mass is 366 g/mol. The molecule has 0 bridgehead atoms. The summed E-state index contributed by atoms with van der Waals surface area (Å²) < 4.78 is 11.1. The molecule has 5 nitrogen and oxygen atoms in total. The van der Waals surface area contributed by atoms with E-state index in [0.29, 0.717) is 13.1 Å². The van der Waals surface area contributed by atoms with Gasteiger partial charge in [0.15, 0.2) is 11.5 Å². The number of hydrogen-bond donors (Lipinski definition) is 0. The molecule has 5 heteroatoms. The predicted molar refractivity (Wildman–Crippen MR) is 102 cm³/mol. The van der Waals surface area contributed by atoms with Crippen molar-refractivity contribution in [3.05, 3.63) is 53.9 Å². The molecule has 1 aliphatic carbocycles. The molecule has 0 spiro atoms. The van der Waals surface area contributed by atoms with Gasteiger partial charge < -0.3 is 14.4 Å². The van der Waals surface area contributed by atoms with Crippen LogP contribution >= 0.6 is 0 Å². The molecule has 1 amide bonds. The largest absolute Gasteiger partial charge is 0.454 e. The molecule has 2 heterocycles. The summed E-state index contributed by atoms with van der Waals surface area (Å²) in [5.41, 5.74) is 1.90. The third-order valence-electron chi connectivity index (χ3n) is 5.43. The summed E-state index contributed by atoms with van der Waals surface area (Å²) in [6, 6.07) is 11.7. The Morgan fingerprint density at radius 2 is 1.85 bits per heavy atom. The Labute approximate surface area is 160 Å².